The van der Waals surface area contributed by atoms with Crippen molar-refractivity contribution in [1.82, 2.24) is 0 Å². The van der Waals surface area contributed by atoms with E-state index in [2.05, 4.69) is 0 Å². The van der Waals surface area contributed by atoms with Gasteiger partial charge in [-0.05, 0) is 30.5 Å². The maximum absolute atomic E-state index is 13.5. The summed E-state index contributed by atoms with van der Waals surface area (Å²) in [5, 5.41) is 0. The number of benzene rings is 1. The molecule has 1 aromatic carbocycles. The molecular weight excluding hydrogens is 241 g/mol. The first-order valence-electron chi connectivity index (χ1n) is 5.90. The van der Waals surface area contributed by atoms with E-state index in [1.165, 1.54) is 0 Å². The average molecular weight is 258 g/mol. The van der Waals surface area contributed by atoms with Crippen molar-refractivity contribution in [1.29, 1.82) is 0 Å². The third kappa shape index (κ3) is 3.52. The first-order chi connectivity index (χ1) is 8.47. The summed E-state index contributed by atoms with van der Waals surface area (Å²) in [6, 6.07) is 6.58. The zero-order valence-corrected chi connectivity index (χ0v) is 10.7. The highest BCUT2D eigenvalue weighted by Crippen LogP contribution is 2.35. The number of ether oxygens (including phenoxy) is 1. The Bertz CT molecular complexity index is 406. The molecule has 0 fully saturated rings. The largest absolute Gasteiger partial charge is 0.494 e. The highest BCUT2D eigenvalue weighted by Gasteiger charge is 2.24. The van der Waals surface area contributed by atoms with Crippen molar-refractivity contribution in [2.45, 2.75) is 26.7 Å². The molecular formula is C14H17F3O. The first-order valence-corrected chi connectivity index (χ1v) is 5.90. The van der Waals surface area contributed by atoms with E-state index in [4.69, 9.17) is 4.74 Å². The summed E-state index contributed by atoms with van der Waals surface area (Å²) in [6.07, 6.45) is -2.25. The van der Waals surface area contributed by atoms with Crippen LogP contribution in [-0.4, -0.2) is 6.61 Å². The molecule has 0 aliphatic heterocycles. The van der Waals surface area contributed by atoms with Gasteiger partial charge in [-0.15, -0.1) is 0 Å². The van der Waals surface area contributed by atoms with Crippen molar-refractivity contribution in [2.24, 2.45) is 5.92 Å². The molecule has 0 amide bonds. The van der Waals surface area contributed by atoms with Crippen LogP contribution in [0, 0.1) is 5.92 Å². The van der Waals surface area contributed by atoms with E-state index in [0.717, 1.165) is 0 Å². The van der Waals surface area contributed by atoms with Crippen molar-refractivity contribution in [2.75, 3.05) is 6.61 Å². The summed E-state index contributed by atoms with van der Waals surface area (Å²) >= 11 is 0. The monoisotopic (exact) mass is 258 g/mol. The van der Waals surface area contributed by atoms with Crippen LogP contribution in [0.5, 0.6) is 5.75 Å². The van der Waals surface area contributed by atoms with Gasteiger partial charge in [0.1, 0.15) is 5.75 Å². The number of hydrogen-bond acceptors (Lipinski definition) is 1. The van der Waals surface area contributed by atoms with E-state index in [0.29, 0.717) is 17.9 Å². The van der Waals surface area contributed by atoms with Crippen LogP contribution in [-0.2, 0) is 0 Å². The fourth-order valence-electron chi connectivity index (χ4n) is 1.88. The van der Waals surface area contributed by atoms with Gasteiger partial charge in [-0.25, -0.2) is 4.39 Å². The van der Waals surface area contributed by atoms with Gasteiger partial charge in [0.15, 0.2) is 5.83 Å². The van der Waals surface area contributed by atoms with Crippen LogP contribution in [0.4, 0.5) is 13.2 Å². The van der Waals surface area contributed by atoms with Crippen LogP contribution in [0.15, 0.2) is 36.2 Å². The summed E-state index contributed by atoms with van der Waals surface area (Å²) in [4.78, 5) is 0. The lowest BCUT2D eigenvalue weighted by molar-refractivity contribution is 0.337. The van der Waals surface area contributed by atoms with Crippen LogP contribution in [0.1, 0.15) is 32.3 Å². The minimum atomic E-state index is -2.25. The van der Waals surface area contributed by atoms with Crippen LogP contribution in [0.25, 0.3) is 0 Å². The van der Waals surface area contributed by atoms with Crippen molar-refractivity contribution in [3.63, 3.8) is 0 Å². The fourth-order valence-corrected chi connectivity index (χ4v) is 1.88. The molecule has 0 aliphatic carbocycles. The van der Waals surface area contributed by atoms with Crippen LogP contribution in [0.2, 0.25) is 0 Å². The summed E-state index contributed by atoms with van der Waals surface area (Å²) in [7, 11) is 0. The summed E-state index contributed by atoms with van der Waals surface area (Å²) in [6.45, 7) is 5.80. The van der Waals surface area contributed by atoms with Gasteiger partial charge in [0, 0.05) is 5.92 Å². The maximum atomic E-state index is 13.5. The zero-order valence-electron chi connectivity index (χ0n) is 10.7. The Labute approximate surface area is 105 Å². The molecule has 1 atom stereocenters. The molecule has 0 aliphatic rings. The lowest BCUT2D eigenvalue weighted by Gasteiger charge is -2.19. The van der Waals surface area contributed by atoms with Crippen molar-refractivity contribution >= 4 is 0 Å². The summed E-state index contributed by atoms with van der Waals surface area (Å²) in [5.41, 5.74) is 0.527. The molecule has 100 valence electrons. The van der Waals surface area contributed by atoms with E-state index in [-0.39, 0.29) is 5.92 Å². The van der Waals surface area contributed by atoms with Crippen LogP contribution in [0.3, 0.4) is 0 Å². The first kappa shape index (κ1) is 14.6. The molecule has 0 saturated carbocycles. The molecule has 0 aromatic heterocycles. The van der Waals surface area contributed by atoms with E-state index in [1.54, 1.807) is 38.1 Å². The quantitative estimate of drug-likeness (QED) is 0.729. The fraction of sp³-hybridized carbons (Fsp3) is 0.429. The third-order valence-electron chi connectivity index (χ3n) is 2.67. The standard InChI is InChI=1S/C14H17F3O/c1-4-18-11-7-5-10(6-8-11)12(9(2)3)13(15)14(16)17/h5-9,12H,4H2,1-3H3. The van der Waals surface area contributed by atoms with Crippen molar-refractivity contribution in [3.05, 3.63) is 41.7 Å². The Kier molecular flexibility index (Phi) is 5.25. The summed E-state index contributed by atoms with van der Waals surface area (Å²) in [5.74, 6) is -1.86. The predicted molar refractivity (Wildman–Crippen MR) is 65.5 cm³/mol. The minimum absolute atomic E-state index is 0.246. The average Bonchev–Trinajstić information content (AvgIpc) is 2.31. The number of rotatable bonds is 5. The lowest BCUT2D eigenvalue weighted by Crippen LogP contribution is -2.08. The van der Waals surface area contributed by atoms with Gasteiger partial charge in [0.2, 0.25) is 0 Å². The molecule has 1 unspecified atom stereocenters. The Morgan fingerprint density at radius 3 is 2.06 bits per heavy atom. The van der Waals surface area contributed by atoms with Crippen molar-refractivity contribution in [3.8, 4) is 5.75 Å². The van der Waals surface area contributed by atoms with Gasteiger partial charge < -0.3 is 4.74 Å². The van der Waals surface area contributed by atoms with Gasteiger partial charge in [-0.2, -0.15) is 8.78 Å². The molecule has 1 rings (SSSR count). The highest BCUT2D eigenvalue weighted by atomic mass is 19.3. The van der Waals surface area contributed by atoms with Gasteiger partial charge in [-0.1, -0.05) is 26.0 Å². The molecule has 18 heavy (non-hydrogen) atoms. The zero-order chi connectivity index (χ0) is 13.7. The second-order valence-electron chi connectivity index (χ2n) is 4.33. The Balaban J connectivity index is 3.04. The molecule has 1 nitrogen and oxygen atoms in total. The second kappa shape index (κ2) is 6.47. The molecule has 0 N–H and O–H groups in total. The van der Waals surface area contributed by atoms with E-state index in [9.17, 15) is 13.2 Å². The SMILES string of the molecule is CCOc1ccc(C(C(F)=C(F)F)C(C)C)cc1. The minimum Gasteiger partial charge on any atom is -0.494 e. The second-order valence-corrected chi connectivity index (χ2v) is 4.33. The smallest absolute Gasteiger partial charge is 0.302 e. The molecule has 0 bridgehead atoms. The summed E-state index contributed by atoms with van der Waals surface area (Å²) < 4.78 is 43.5. The molecule has 4 heteroatoms. The lowest BCUT2D eigenvalue weighted by atomic mass is 9.87. The molecule has 0 spiro atoms. The van der Waals surface area contributed by atoms with E-state index >= 15 is 0 Å². The number of hydrogen-bond donors (Lipinski definition) is 0. The molecule has 0 radical (unpaired) electrons. The Morgan fingerprint density at radius 2 is 1.67 bits per heavy atom. The number of allylic oxidation sites excluding steroid dienone is 1. The van der Waals surface area contributed by atoms with Gasteiger partial charge in [-0.3, -0.25) is 0 Å². The number of halogens is 3. The van der Waals surface area contributed by atoms with Gasteiger partial charge >= 0.3 is 6.08 Å². The molecule has 1 aromatic rings. The Morgan fingerprint density at radius 1 is 1.11 bits per heavy atom. The predicted octanol–water partition coefficient (Wildman–Crippen LogP) is 4.90. The Hall–Kier alpha value is -1.45. The highest BCUT2D eigenvalue weighted by molar-refractivity contribution is 5.33. The van der Waals surface area contributed by atoms with Crippen molar-refractivity contribution < 1.29 is 17.9 Å². The normalized spacial score (nSPS) is 12.4. The van der Waals surface area contributed by atoms with Gasteiger partial charge in [0.05, 0.1) is 6.61 Å². The maximum Gasteiger partial charge on any atom is 0.302 e. The topological polar surface area (TPSA) is 9.23 Å². The molecule has 0 saturated heterocycles. The van der Waals surface area contributed by atoms with Crippen LogP contribution < -0.4 is 4.74 Å². The molecule has 0 heterocycles. The van der Waals surface area contributed by atoms with E-state index < -0.39 is 17.8 Å². The third-order valence-corrected chi connectivity index (χ3v) is 2.67. The van der Waals surface area contributed by atoms with E-state index in [1.807, 2.05) is 6.92 Å². The van der Waals surface area contributed by atoms with Crippen LogP contribution >= 0.6 is 0 Å². The van der Waals surface area contributed by atoms with Gasteiger partial charge in [0.25, 0.3) is 0 Å².